The lowest BCUT2D eigenvalue weighted by atomic mass is 10.0. The summed E-state index contributed by atoms with van der Waals surface area (Å²) in [5.41, 5.74) is 5.50. The van der Waals surface area contributed by atoms with Crippen molar-refractivity contribution in [3.63, 3.8) is 0 Å². The molecule has 0 aromatic rings. The third kappa shape index (κ3) is 2.20. The Balaban J connectivity index is 1.80. The van der Waals surface area contributed by atoms with Crippen molar-refractivity contribution >= 4 is 0 Å². The maximum Gasteiger partial charge on any atom is 0.173 e. The van der Waals surface area contributed by atoms with Crippen LogP contribution in [-0.4, -0.2) is 38.1 Å². The van der Waals surface area contributed by atoms with E-state index in [0.29, 0.717) is 19.2 Å². The Kier molecular flexibility index (Phi) is 3.16. The van der Waals surface area contributed by atoms with E-state index in [2.05, 4.69) is 5.32 Å². The highest BCUT2D eigenvalue weighted by molar-refractivity contribution is 4.79. The van der Waals surface area contributed by atoms with Gasteiger partial charge in [-0.05, 0) is 19.4 Å². The van der Waals surface area contributed by atoms with Crippen LogP contribution in [0, 0.1) is 0 Å². The molecule has 2 fully saturated rings. The van der Waals surface area contributed by atoms with E-state index in [4.69, 9.17) is 15.2 Å². The second-order valence-electron chi connectivity index (χ2n) is 3.75. The highest BCUT2D eigenvalue weighted by atomic mass is 16.7. The molecule has 0 aromatic heterocycles. The van der Waals surface area contributed by atoms with Crippen molar-refractivity contribution in [3.05, 3.63) is 0 Å². The molecule has 4 nitrogen and oxygen atoms in total. The first kappa shape index (κ1) is 9.40. The maximum atomic E-state index is 5.64. The number of nitrogens with two attached hydrogens (primary N) is 1. The minimum Gasteiger partial charge on any atom is -0.348 e. The van der Waals surface area contributed by atoms with Gasteiger partial charge in [0.2, 0.25) is 0 Å². The monoisotopic (exact) mass is 186 g/mol. The van der Waals surface area contributed by atoms with E-state index < -0.39 is 0 Å². The van der Waals surface area contributed by atoms with E-state index >= 15 is 0 Å². The zero-order valence-electron chi connectivity index (χ0n) is 7.87. The molecule has 0 spiro atoms. The van der Waals surface area contributed by atoms with Crippen molar-refractivity contribution in [2.75, 3.05) is 19.7 Å². The Hall–Kier alpha value is -0.160. The number of nitrogens with one attached hydrogen (secondary N) is 1. The summed E-state index contributed by atoms with van der Waals surface area (Å²) < 4.78 is 11.2. The molecule has 3 unspecified atom stereocenters. The van der Waals surface area contributed by atoms with Crippen molar-refractivity contribution in [3.8, 4) is 0 Å². The van der Waals surface area contributed by atoms with Crippen molar-refractivity contribution in [1.29, 1.82) is 0 Å². The van der Waals surface area contributed by atoms with Crippen LogP contribution in [0.5, 0.6) is 0 Å². The van der Waals surface area contributed by atoms with Gasteiger partial charge < -0.3 is 20.5 Å². The molecule has 2 rings (SSSR count). The van der Waals surface area contributed by atoms with Gasteiger partial charge in [0.1, 0.15) is 0 Å². The van der Waals surface area contributed by atoms with Crippen LogP contribution in [-0.2, 0) is 9.47 Å². The molecule has 0 aliphatic carbocycles. The molecular formula is C9H18N2O2. The average Bonchev–Trinajstić information content (AvgIpc) is 2.67. The van der Waals surface area contributed by atoms with Gasteiger partial charge in [0, 0.05) is 6.54 Å². The van der Waals surface area contributed by atoms with E-state index in [0.717, 1.165) is 13.0 Å². The van der Waals surface area contributed by atoms with Crippen molar-refractivity contribution in [1.82, 2.24) is 5.32 Å². The quantitative estimate of drug-likeness (QED) is 0.628. The molecule has 0 amide bonds. The number of hydrogen-bond donors (Lipinski definition) is 2. The molecule has 4 heteroatoms. The fourth-order valence-corrected chi connectivity index (χ4v) is 1.92. The van der Waals surface area contributed by atoms with Crippen molar-refractivity contribution in [2.24, 2.45) is 5.73 Å². The molecular weight excluding hydrogens is 168 g/mol. The molecule has 2 heterocycles. The number of ether oxygens (including phenoxy) is 2. The lowest BCUT2D eigenvalue weighted by Crippen LogP contribution is -2.44. The van der Waals surface area contributed by atoms with Gasteiger partial charge in [-0.3, -0.25) is 0 Å². The van der Waals surface area contributed by atoms with Gasteiger partial charge in [-0.15, -0.1) is 0 Å². The van der Waals surface area contributed by atoms with Crippen LogP contribution in [0.25, 0.3) is 0 Å². The summed E-state index contributed by atoms with van der Waals surface area (Å²) in [4.78, 5) is 0. The minimum atomic E-state index is -0.0613. The van der Waals surface area contributed by atoms with Gasteiger partial charge >= 0.3 is 0 Å². The van der Waals surface area contributed by atoms with Crippen LogP contribution < -0.4 is 11.1 Å². The highest BCUT2D eigenvalue weighted by Gasteiger charge is 2.32. The average molecular weight is 186 g/mol. The summed E-state index contributed by atoms with van der Waals surface area (Å²) in [6.45, 7) is 2.30. The summed E-state index contributed by atoms with van der Waals surface area (Å²) in [7, 11) is 0. The second kappa shape index (κ2) is 4.37. The SMILES string of the molecule is NCC1COC(C2CCCCN2)O1. The molecule has 13 heavy (non-hydrogen) atoms. The summed E-state index contributed by atoms with van der Waals surface area (Å²) in [5, 5.41) is 3.41. The molecule has 3 N–H and O–H groups in total. The molecule has 0 radical (unpaired) electrons. The van der Waals surface area contributed by atoms with Crippen molar-refractivity contribution in [2.45, 2.75) is 37.7 Å². The topological polar surface area (TPSA) is 56.5 Å². The standard InChI is InChI=1S/C9H18N2O2/c10-5-7-6-12-9(13-7)8-3-1-2-4-11-8/h7-9,11H,1-6,10H2. The number of piperidine rings is 1. The lowest BCUT2D eigenvalue weighted by molar-refractivity contribution is -0.0844. The van der Waals surface area contributed by atoms with E-state index in [9.17, 15) is 0 Å². The van der Waals surface area contributed by atoms with Gasteiger partial charge in [0.15, 0.2) is 6.29 Å². The summed E-state index contributed by atoms with van der Waals surface area (Å²) >= 11 is 0. The number of hydrogen-bond acceptors (Lipinski definition) is 4. The van der Waals surface area contributed by atoms with Gasteiger partial charge in [0.25, 0.3) is 0 Å². The third-order valence-corrected chi connectivity index (χ3v) is 2.71. The fourth-order valence-electron chi connectivity index (χ4n) is 1.92. The zero-order valence-corrected chi connectivity index (χ0v) is 7.87. The van der Waals surface area contributed by atoms with Crippen molar-refractivity contribution < 1.29 is 9.47 Å². The first-order valence-corrected chi connectivity index (χ1v) is 5.10. The van der Waals surface area contributed by atoms with Crippen LogP contribution in [0.4, 0.5) is 0 Å². The first-order valence-electron chi connectivity index (χ1n) is 5.10. The molecule has 76 valence electrons. The number of rotatable bonds is 2. The highest BCUT2D eigenvalue weighted by Crippen LogP contribution is 2.19. The van der Waals surface area contributed by atoms with Crippen LogP contribution in [0.3, 0.4) is 0 Å². The molecule has 2 aliphatic heterocycles. The van der Waals surface area contributed by atoms with Gasteiger partial charge in [-0.2, -0.15) is 0 Å². The summed E-state index contributed by atoms with van der Waals surface area (Å²) in [6.07, 6.45) is 3.74. The summed E-state index contributed by atoms with van der Waals surface area (Å²) in [6, 6.07) is 0.380. The molecule has 0 bridgehead atoms. The van der Waals surface area contributed by atoms with Crippen LogP contribution in [0.1, 0.15) is 19.3 Å². The second-order valence-corrected chi connectivity index (χ2v) is 3.75. The largest absolute Gasteiger partial charge is 0.348 e. The van der Waals surface area contributed by atoms with Crippen LogP contribution >= 0.6 is 0 Å². The molecule has 3 atom stereocenters. The van der Waals surface area contributed by atoms with E-state index in [1.807, 2.05) is 0 Å². The van der Waals surface area contributed by atoms with Gasteiger partial charge in [-0.1, -0.05) is 6.42 Å². The Morgan fingerprint density at radius 3 is 2.92 bits per heavy atom. The smallest absolute Gasteiger partial charge is 0.173 e. The maximum absolute atomic E-state index is 5.64. The van der Waals surface area contributed by atoms with Crippen LogP contribution in [0.2, 0.25) is 0 Å². The Labute approximate surface area is 78.8 Å². The molecule has 2 aliphatic rings. The molecule has 2 saturated heterocycles. The van der Waals surface area contributed by atoms with E-state index in [1.54, 1.807) is 0 Å². The molecule has 0 saturated carbocycles. The van der Waals surface area contributed by atoms with E-state index in [-0.39, 0.29) is 12.4 Å². The predicted molar refractivity (Wildman–Crippen MR) is 49.3 cm³/mol. The Bertz CT molecular complexity index is 160. The normalized spacial score (nSPS) is 40.8. The van der Waals surface area contributed by atoms with Gasteiger partial charge in [-0.25, -0.2) is 0 Å². The Morgan fingerprint density at radius 2 is 2.31 bits per heavy atom. The third-order valence-electron chi connectivity index (χ3n) is 2.71. The Morgan fingerprint density at radius 1 is 1.38 bits per heavy atom. The molecule has 0 aromatic carbocycles. The zero-order chi connectivity index (χ0) is 9.10. The fraction of sp³-hybridized carbons (Fsp3) is 1.00. The lowest BCUT2D eigenvalue weighted by Gasteiger charge is -2.27. The first-order chi connectivity index (χ1) is 6.40. The summed E-state index contributed by atoms with van der Waals surface area (Å²) in [5.74, 6) is 0. The van der Waals surface area contributed by atoms with Crippen LogP contribution in [0.15, 0.2) is 0 Å². The van der Waals surface area contributed by atoms with E-state index in [1.165, 1.54) is 12.8 Å². The predicted octanol–water partition coefficient (Wildman–Crippen LogP) is -0.171. The van der Waals surface area contributed by atoms with Gasteiger partial charge in [0.05, 0.1) is 18.8 Å². The minimum absolute atomic E-state index is 0.0613.